The van der Waals surface area contributed by atoms with E-state index >= 15 is 0 Å². The molecule has 10 heavy (non-hydrogen) atoms. The summed E-state index contributed by atoms with van der Waals surface area (Å²) in [5, 5.41) is 9.73. The standard InChI is InChI=1S/C6H8O4/c1-2-10-4-3-5(7)6(8)9/h3-4H,2H2,1H3,(H,8,9)/p-1. The number of carbonyl (C=O) groups is 2. The number of carboxylic acids is 1. The van der Waals surface area contributed by atoms with Gasteiger partial charge >= 0.3 is 0 Å². The number of rotatable bonds is 4. The lowest BCUT2D eigenvalue weighted by Gasteiger charge is -1.93. The van der Waals surface area contributed by atoms with Crippen LogP contribution in [0, 0.1) is 0 Å². The molecule has 0 bridgehead atoms. The van der Waals surface area contributed by atoms with Crippen molar-refractivity contribution in [3.05, 3.63) is 12.3 Å². The normalized spacial score (nSPS) is 9.70. The quantitative estimate of drug-likeness (QED) is 0.283. The molecule has 4 nitrogen and oxygen atoms in total. The lowest BCUT2D eigenvalue weighted by atomic mass is 10.4. The van der Waals surface area contributed by atoms with Crippen molar-refractivity contribution in [1.29, 1.82) is 0 Å². The van der Waals surface area contributed by atoms with Gasteiger partial charge in [-0.15, -0.1) is 0 Å². The Hall–Kier alpha value is -1.32. The first-order valence-electron chi connectivity index (χ1n) is 2.72. The lowest BCUT2D eigenvalue weighted by Crippen LogP contribution is -2.30. The number of hydrogen-bond acceptors (Lipinski definition) is 4. The van der Waals surface area contributed by atoms with Crippen LogP contribution in [-0.2, 0) is 14.3 Å². The highest BCUT2D eigenvalue weighted by atomic mass is 16.5. The van der Waals surface area contributed by atoms with E-state index in [2.05, 4.69) is 4.74 Å². The van der Waals surface area contributed by atoms with Crippen LogP contribution < -0.4 is 5.11 Å². The number of hydrogen-bond donors (Lipinski definition) is 0. The van der Waals surface area contributed by atoms with Crippen LogP contribution in [0.15, 0.2) is 12.3 Å². The van der Waals surface area contributed by atoms with Gasteiger partial charge in [0, 0.05) is 6.08 Å². The predicted octanol–water partition coefficient (Wildman–Crippen LogP) is -1.14. The van der Waals surface area contributed by atoms with Crippen molar-refractivity contribution in [3.8, 4) is 0 Å². The molecule has 0 heterocycles. The highest BCUT2D eigenvalue weighted by Crippen LogP contribution is 1.77. The minimum atomic E-state index is -1.73. The van der Waals surface area contributed by atoms with E-state index in [4.69, 9.17) is 0 Å². The second-order valence-electron chi connectivity index (χ2n) is 1.41. The van der Waals surface area contributed by atoms with Gasteiger partial charge in [-0.05, 0) is 6.92 Å². The molecule has 0 fully saturated rings. The summed E-state index contributed by atoms with van der Waals surface area (Å²) >= 11 is 0. The fourth-order valence-electron chi connectivity index (χ4n) is 0.274. The number of aliphatic carboxylic acids is 1. The van der Waals surface area contributed by atoms with E-state index in [9.17, 15) is 14.7 Å². The fraction of sp³-hybridized carbons (Fsp3) is 0.333. The third kappa shape index (κ3) is 3.65. The van der Waals surface area contributed by atoms with Gasteiger partial charge in [-0.25, -0.2) is 0 Å². The zero-order chi connectivity index (χ0) is 7.98. The van der Waals surface area contributed by atoms with Crippen LogP contribution in [0.25, 0.3) is 0 Å². The molecule has 0 spiro atoms. The first kappa shape index (κ1) is 8.68. The van der Waals surface area contributed by atoms with Gasteiger partial charge in [0.25, 0.3) is 0 Å². The summed E-state index contributed by atoms with van der Waals surface area (Å²) in [6.45, 7) is 2.12. The summed E-state index contributed by atoms with van der Waals surface area (Å²) in [5.41, 5.74) is 0. The molecule has 0 aromatic carbocycles. The Morgan fingerprint density at radius 2 is 2.20 bits per heavy atom. The largest absolute Gasteiger partial charge is 0.541 e. The Bertz CT molecular complexity index is 159. The second kappa shape index (κ2) is 4.55. The molecular weight excluding hydrogens is 136 g/mol. The zero-order valence-electron chi connectivity index (χ0n) is 5.49. The van der Waals surface area contributed by atoms with E-state index in [1.807, 2.05) is 0 Å². The minimum Gasteiger partial charge on any atom is -0.541 e. The van der Waals surface area contributed by atoms with Crippen molar-refractivity contribution in [2.24, 2.45) is 0 Å². The molecule has 0 aliphatic carbocycles. The van der Waals surface area contributed by atoms with Crippen LogP contribution in [0.2, 0.25) is 0 Å². The van der Waals surface area contributed by atoms with E-state index in [1.165, 1.54) is 0 Å². The van der Waals surface area contributed by atoms with Gasteiger partial charge in [0.2, 0.25) is 5.78 Å². The Morgan fingerprint density at radius 3 is 2.60 bits per heavy atom. The van der Waals surface area contributed by atoms with Crippen LogP contribution in [-0.4, -0.2) is 18.4 Å². The number of carbonyl (C=O) groups excluding carboxylic acids is 2. The van der Waals surface area contributed by atoms with E-state index < -0.39 is 11.8 Å². The summed E-state index contributed by atoms with van der Waals surface area (Å²) in [7, 11) is 0. The summed E-state index contributed by atoms with van der Waals surface area (Å²) in [6, 6.07) is 0. The molecule has 0 radical (unpaired) electrons. The second-order valence-corrected chi connectivity index (χ2v) is 1.41. The zero-order valence-corrected chi connectivity index (χ0v) is 5.49. The number of carboxylic acid groups (broad SMARTS) is 1. The maximum absolute atomic E-state index is 10.2. The van der Waals surface area contributed by atoms with Gasteiger partial charge in [0.05, 0.1) is 12.9 Å². The van der Waals surface area contributed by atoms with Crippen molar-refractivity contribution < 1.29 is 19.4 Å². The predicted molar refractivity (Wildman–Crippen MR) is 30.8 cm³/mol. The van der Waals surface area contributed by atoms with Gasteiger partial charge < -0.3 is 14.6 Å². The Morgan fingerprint density at radius 1 is 1.60 bits per heavy atom. The molecule has 0 saturated heterocycles. The monoisotopic (exact) mass is 143 g/mol. The van der Waals surface area contributed by atoms with Gasteiger partial charge in [-0.3, -0.25) is 4.79 Å². The van der Waals surface area contributed by atoms with Gasteiger partial charge in [-0.2, -0.15) is 0 Å². The molecule has 0 atom stereocenters. The first-order valence-corrected chi connectivity index (χ1v) is 2.72. The molecule has 0 N–H and O–H groups in total. The molecule has 0 unspecified atom stereocenters. The smallest absolute Gasteiger partial charge is 0.204 e. The van der Waals surface area contributed by atoms with Gasteiger partial charge in [0.1, 0.15) is 5.97 Å². The number of ketones is 1. The SMILES string of the molecule is CCOC=CC(=O)C(=O)[O-]. The van der Waals surface area contributed by atoms with Gasteiger partial charge in [0.15, 0.2) is 0 Å². The summed E-state index contributed by atoms with van der Waals surface area (Å²) in [5.74, 6) is -2.82. The summed E-state index contributed by atoms with van der Waals surface area (Å²) in [6.07, 6.45) is 1.83. The first-order chi connectivity index (χ1) is 4.68. The Kier molecular flexibility index (Phi) is 3.95. The summed E-state index contributed by atoms with van der Waals surface area (Å²) in [4.78, 5) is 19.9. The Labute approximate surface area is 58.1 Å². The average molecular weight is 143 g/mol. The Balaban J connectivity index is 3.67. The third-order valence-electron chi connectivity index (χ3n) is 0.683. The van der Waals surface area contributed by atoms with Crippen molar-refractivity contribution in [2.75, 3.05) is 6.61 Å². The number of ether oxygens (including phenoxy) is 1. The molecule has 4 heteroatoms. The summed E-state index contributed by atoms with van der Waals surface area (Å²) < 4.78 is 4.56. The van der Waals surface area contributed by atoms with Crippen molar-refractivity contribution in [2.45, 2.75) is 6.92 Å². The minimum absolute atomic E-state index is 0.400. The molecule has 56 valence electrons. The highest BCUT2D eigenvalue weighted by Gasteiger charge is 1.93. The molecule has 0 aromatic heterocycles. The van der Waals surface area contributed by atoms with Crippen molar-refractivity contribution >= 4 is 11.8 Å². The highest BCUT2D eigenvalue weighted by molar-refractivity contribution is 6.36. The fourth-order valence-corrected chi connectivity index (χ4v) is 0.274. The van der Waals surface area contributed by atoms with Crippen LogP contribution in [0.3, 0.4) is 0 Å². The topological polar surface area (TPSA) is 66.4 Å². The van der Waals surface area contributed by atoms with Crippen LogP contribution >= 0.6 is 0 Å². The molecule has 0 amide bonds. The maximum atomic E-state index is 10.2. The average Bonchev–Trinajstić information content (AvgIpc) is 1.88. The van der Waals surface area contributed by atoms with E-state index in [0.717, 1.165) is 12.3 Å². The molecule has 0 saturated carbocycles. The lowest BCUT2D eigenvalue weighted by molar-refractivity contribution is -0.299. The molecule has 0 rings (SSSR count). The molecule has 0 aliphatic rings. The van der Waals surface area contributed by atoms with Gasteiger partial charge in [-0.1, -0.05) is 0 Å². The van der Waals surface area contributed by atoms with E-state index in [1.54, 1.807) is 6.92 Å². The maximum Gasteiger partial charge on any atom is 0.204 e. The molecular formula is C6H7O4-. The third-order valence-corrected chi connectivity index (χ3v) is 0.683. The molecule has 0 aromatic rings. The van der Waals surface area contributed by atoms with Crippen LogP contribution in [0.1, 0.15) is 6.92 Å². The van der Waals surface area contributed by atoms with Crippen molar-refractivity contribution in [1.82, 2.24) is 0 Å². The van der Waals surface area contributed by atoms with Crippen molar-refractivity contribution in [3.63, 3.8) is 0 Å². The van der Waals surface area contributed by atoms with Crippen LogP contribution in [0.5, 0.6) is 0 Å². The van der Waals surface area contributed by atoms with E-state index in [0.29, 0.717) is 6.61 Å². The van der Waals surface area contributed by atoms with Crippen LogP contribution in [0.4, 0.5) is 0 Å². The molecule has 0 aliphatic heterocycles. The van der Waals surface area contributed by atoms with E-state index in [-0.39, 0.29) is 0 Å².